The summed E-state index contributed by atoms with van der Waals surface area (Å²) in [6.45, 7) is 2.09. The molecule has 29 heavy (non-hydrogen) atoms. The number of carbonyl (C=O) groups excluding carboxylic acids is 1. The molecule has 0 saturated heterocycles. The Balaban J connectivity index is 2.15. The molecule has 0 unspecified atom stereocenters. The number of halogens is 1. The van der Waals surface area contributed by atoms with Crippen LogP contribution in [0.4, 0.5) is 5.69 Å². The van der Waals surface area contributed by atoms with Gasteiger partial charge < -0.3 is 14.2 Å². The summed E-state index contributed by atoms with van der Waals surface area (Å²) < 4.78 is 16.9. The summed E-state index contributed by atoms with van der Waals surface area (Å²) in [4.78, 5) is 22.3. The van der Waals surface area contributed by atoms with Gasteiger partial charge in [-0.25, -0.2) is 4.79 Å². The molecule has 0 fully saturated rings. The average molecular weight is 461 g/mol. The fourth-order valence-corrected chi connectivity index (χ4v) is 2.50. The lowest BCUT2D eigenvalue weighted by molar-refractivity contribution is -0.384. The highest BCUT2D eigenvalue weighted by Crippen LogP contribution is 2.27. The quantitative estimate of drug-likeness (QED) is 0.137. The maximum Gasteiger partial charge on any atom is 0.348 e. The highest BCUT2D eigenvalue weighted by molar-refractivity contribution is 9.10. The molecule has 0 saturated carbocycles. The number of nitro benzene ring substituents is 1. The van der Waals surface area contributed by atoms with Crippen molar-refractivity contribution in [2.45, 2.75) is 6.92 Å². The smallest absolute Gasteiger partial charge is 0.348 e. The number of esters is 1. The van der Waals surface area contributed by atoms with Crippen molar-refractivity contribution >= 4 is 33.7 Å². The molecule has 9 heteroatoms. The van der Waals surface area contributed by atoms with Crippen LogP contribution in [0.25, 0.3) is 6.08 Å². The summed E-state index contributed by atoms with van der Waals surface area (Å²) in [6, 6.07) is 12.9. The standard InChI is InChI=1S/C20H17BrN2O6/c1-2-27-20(24)15(13-22)11-14-12-17(23(25)26)5-8-19(14)29-10-9-28-18-6-3-16(21)4-7-18/h3-8,11-12H,2,9-10H2,1H3/b15-11+. The topological polar surface area (TPSA) is 112 Å². The van der Waals surface area contributed by atoms with E-state index in [0.717, 1.165) is 4.47 Å². The summed E-state index contributed by atoms with van der Waals surface area (Å²) in [6.07, 6.45) is 1.20. The van der Waals surface area contributed by atoms with Crippen LogP contribution in [-0.4, -0.2) is 30.7 Å². The van der Waals surface area contributed by atoms with E-state index in [-0.39, 0.29) is 42.4 Å². The number of rotatable bonds is 9. The fraction of sp³-hybridized carbons (Fsp3) is 0.200. The Hall–Kier alpha value is -3.38. The van der Waals surface area contributed by atoms with Crippen molar-refractivity contribution in [1.82, 2.24) is 0 Å². The second-order valence-electron chi connectivity index (χ2n) is 5.52. The number of carbonyl (C=O) groups is 1. The number of hydrogen-bond acceptors (Lipinski definition) is 7. The van der Waals surface area contributed by atoms with Crippen LogP contribution in [0.2, 0.25) is 0 Å². The van der Waals surface area contributed by atoms with Gasteiger partial charge in [0.15, 0.2) is 0 Å². The number of benzene rings is 2. The number of nitro groups is 1. The van der Waals surface area contributed by atoms with Crippen molar-refractivity contribution in [3.63, 3.8) is 0 Å². The minimum absolute atomic E-state index is 0.101. The second-order valence-corrected chi connectivity index (χ2v) is 6.44. The Morgan fingerprint density at radius 2 is 1.90 bits per heavy atom. The van der Waals surface area contributed by atoms with Gasteiger partial charge in [-0.1, -0.05) is 15.9 Å². The molecule has 0 heterocycles. The fourth-order valence-electron chi connectivity index (χ4n) is 2.24. The van der Waals surface area contributed by atoms with Crippen LogP contribution in [0, 0.1) is 21.4 Å². The molecule has 2 rings (SSSR count). The molecule has 0 bridgehead atoms. The van der Waals surface area contributed by atoms with E-state index in [1.54, 1.807) is 25.1 Å². The molecule has 2 aromatic rings. The summed E-state index contributed by atoms with van der Waals surface area (Å²) in [7, 11) is 0. The van der Waals surface area contributed by atoms with E-state index in [0.29, 0.717) is 5.75 Å². The van der Waals surface area contributed by atoms with E-state index in [4.69, 9.17) is 14.2 Å². The number of nitriles is 1. The van der Waals surface area contributed by atoms with Crippen LogP contribution in [0.3, 0.4) is 0 Å². The molecule has 0 N–H and O–H groups in total. The second kappa shape index (κ2) is 10.8. The lowest BCUT2D eigenvalue weighted by Crippen LogP contribution is -2.10. The first-order chi connectivity index (χ1) is 13.9. The van der Waals surface area contributed by atoms with Crippen molar-refractivity contribution < 1.29 is 23.9 Å². The molecule has 0 aliphatic heterocycles. The molecule has 0 radical (unpaired) electrons. The van der Waals surface area contributed by atoms with Crippen LogP contribution in [0.1, 0.15) is 12.5 Å². The first-order valence-electron chi connectivity index (χ1n) is 8.53. The highest BCUT2D eigenvalue weighted by atomic mass is 79.9. The van der Waals surface area contributed by atoms with Gasteiger partial charge in [-0.3, -0.25) is 10.1 Å². The zero-order chi connectivity index (χ0) is 21.2. The summed E-state index contributed by atoms with van der Waals surface area (Å²) in [5.41, 5.74) is -0.272. The van der Waals surface area contributed by atoms with Gasteiger partial charge in [0.2, 0.25) is 0 Å². The lowest BCUT2D eigenvalue weighted by Gasteiger charge is -2.11. The Kier molecular flexibility index (Phi) is 8.18. The number of non-ortho nitro benzene ring substituents is 1. The lowest BCUT2D eigenvalue weighted by atomic mass is 10.1. The predicted molar refractivity (Wildman–Crippen MR) is 108 cm³/mol. The van der Waals surface area contributed by atoms with Gasteiger partial charge in [-0.05, 0) is 43.3 Å². The molecule has 0 aliphatic carbocycles. The van der Waals surface area contributed by atoms with Gasteiger partial charge in [-0.2, -0.15) is 5.26 Å². The molecule has 0 aliphatic rings. The van der Waals surface area contributed by atoms with Crippen LogP contribution in [0.15, 0.2) is 52.5 Å². The maximum atomic E-state index is 11.8. The third-order valence-electron chi connectivity index (χ3n) is 3.54. The minimum Gasteiger partial charge on any atom is -0.490 e. The third kappa shape index (κ3) is 6.62. The van der Waals surface area contributed by atoms with Crippen LogP contribution < -0.4 is 9.47 Å². The van der Waals surface area contributed by atoms with Gasteiger partial charge in [0.1, 0.15) is 36.4 Å². The highest BCUT2D eigenvalue weighted by Gasteiger charge is 2.15. The normalized spacial score (nSPS) is 10.7. The number of hydrogen-bond donors (Lipinski definition) is 0. The van der Waals surface area contributed by atoms with E-state index in [9.17, 15) is 20.2 Å². The van der Waals surface area contributed by atoms with Crippen molar-refractivity contribution in [2.24, 2.45) is 0 Å². The van der Waals surface area contributed by atoms with Crippen LogP contribution in [-0.2, 0) is 9.53 Å². The SMILES string of the molecule is CCOC(=O)/C(C#N)=C/c1cc([N+](=O)[O-])ccc1OCCOc1ccc(Br)cc1. The van der Waals surface area contributed by atoms with Crippen molar-refractivity contribution in [2.75, 3.05) is 19.8 Å². The Morgan fingerprint density at radius 3 is 2.52 bits per heavy atom. The first kappa shape index (κ1) is 21.9. The molecular weight excluding hydrogens is 444 g/mol. The molecule has 2 aromatic carbocycles. The van der Waals surface area contributed by atoms with Gasteiger partial charge in [-0.15, -0.1) is 0 Å². The van der Waals surface area contributed by atoms with E-state index < -0.39 is 10.9 Å². The van der Waals surface area contributed by atoms with E-state index in [2.05, 4.69) is 15.9 Å². The summed E-state index contributed by atoms with van der Waals surface area (Å²) >= 11 is 3.34. The van der Waals surface area contributed by atoms with Gasteiger partial charge >= 0.3 is 5.97 Å². The zero-order valence-corrected chi connectivity index (χ0v) is 17.0. The number of nitrogens with zero attached hydrogens (tertiary/aromatic N) is 2. The Labute approximate surface area is 175 Å². The van der Waals surface area contributed by atoms with Crippen molar-refractivity contribution in [3.05, 3.63) is 68.2 Å². The average Bonchev–Trinajstić information content (AvgIpc) is 2.71. The molecule has 0 amide bonds. The van der Waals surface area contributed by atoms with Gasteiger partial charge in [0.05, 0.1) is 11.5 Å². The van der Waals surface area contributed by atoms with Crippen molar-refractivity contribution in [1.29, 1.82) is 5.26 Å². The first-order valence-corrected chi connectivity index (χ1v) is 9.32. The number of ether oxygens (including phenoxy) is 3. The maximum absolute atomic E-state index is 11.8. The van der Waals surface area contributed by atoms with E-state index in [1.165, 1.54) is 24.3 Å². The molecule has 0 atom stereocenters. The van der Waals surface area contributed by atoms with Gasteiger partial charge in [0.25, 0.3) is 5.69 Å². The monoisotopic (exact) mass is 460 g/mol. The Morgan fingerprint density at radius 1 is 1.21 bits per heavy atom. The van der Waals surface area contributed by atoms with Crippen molar-refractivity contribution in [3.8, 4) is 17.6 Å². The molecule has 8 nitrogen and oxygen atoms in total. The summed E-state index contributed by atoms with van der Waals surface area (Å²) in [5.74, 6) is 0.118. The Bertz CT molecular complexity index is 950. The molecule has 0 aromatic heterocycles. The van der Waals surface area contributed by atoms with E-state index in [1.807, 2.05) is 12.1 Å². The van der Waals surface area contributed by atoms with Gasteiger partial charge in [0, 0.05) is 22.2 Å². The molecule has 0 spiro atoms. The van der Waals surface area contributed by atoms with Crippen LogP contribution in [0.5, 0.6) is 11.5 Å². The predicted octanol–water partition coefficient (Wildman–Crippen LogP) is 4.29. The van der Waals surface area contributed by atoms with Crippen LogP contribution >= 0.6 is 15.9 Å². The molecular formula is C20H17BrN2O6. The third-order valence-corrected chi connectivity index (χ3v) is 4.07. The van der Waals surface area contributed by atoms with E-state index >= 15 is 0 Å². The largest absolute Gasteiger partial charge is 0.490 e. The molecule has 150 valence electrons. The minimum atomic E-state index is -0.814. The zero-order valence-electron chi connectivity index (χ0n) is 15.5. The summed E-state index contributed by atoms with van der Waals surface area (Å²) in [5, 5.41) is 20.3.